The summed E-state index contributed by atoms with van der Waals surface area (Å²) in [6.45, 7) is 8.47. The fourth-order valence-electron chi connectivity index (χ4n) is 5.95. The van der Waals surface area contributed by atoms with Gasteiger partial charge in [0.05, 0.1) is 42.9 Å². The maximum atomic E-state index is 13.3. The topological polar surface area (TPSA) is 84.2 Å². The molecule has 0 aliphatic carbocycles. The van der Waals surface area contributed by atoms with E-state index in [9.17, 15) is 9.59 Å². The molecule has 0 saturated carbocycles. The highest BCUT2D eigenvalue weighted by molar-refractivity contribution is 5.90. The zero-order valence-electron chi connectivity index (χ0n) is 31.6. The lowest BCUT2D eigenvalue weighted by Crippen LogP contribution is -2.11. The van der Waals surface area contributed by atoms with Crippen molar-refractivity contribution in [2.75, 3.05) is 26.4 Å². The molecular formula is C46H54O7. The van der Waals surface area contributed by atoms with Gasteiger partial charge in [-0.05, 0) is 77.6 Å². The molecule has 0 amide bonds. The Balaban J connectivity index is 1.03. The highest BCUT2D eigenvalue weighted by Gasteiger charge is 2.12. The molecule has 0 N–H and O–H groups in total. The van der Waals surface area contributed by atoms with E-state index in [0.29, 0.717) is 66.6 Å². The van der Waals surface area contributed by atoms with Crippen LogP contribution in [0.4, 0.5) is 0 Å². The molecule has 0 aliphatic heterocycles. The van der Waals surface area contributed by atoms with E-state index in [0.717, 1.165) is 41.0 Å². The number of carbonyl (C=O) groups is 1. The zero-order valence-corrected chi connectivity index (χ0v) is 31.6. The van der Waals surface area contributed by atoms with E-state index >= 15 is 0 Å². The van der Waals surface area contributed by atoms with Crippen LogP contribution in [-0.2, 0) is 4.74 Å². The van der Waals surface area contributed by atoms with Gasteiger partial charge < -0.3 is 23.4 Å². The molecule has 0 aliphatic rings. The fourth-order valence-corrected chi connectivity index (χ4v) is 5.95. The van der Waals surface area contributed by atoms with Gasteiger partial charge in [-0.2, -0.15) is 0 Å². The van der Waals surface area contributed by atoms with Crippen LogP contribution in [-0.4, -0.2) is 32.4 Å². The maximum absolute atomic E-state index is 13.3. The highest BCUT2D eigenvalue weighted by Crippen LogP contribution is 2.26. The van der Waals surface area contributed by atoms with Crippen LogP contribution in [0, 0.1) is 5.92 Å². The van der Waals surface area contributed by atoms with Gasteiger partial charge in [-0.1, -0.05) is 109 Å². The van der Waals surface area contributed by atoms with Gasteiger partial charge in [0.25, 0.3) is 0 Å². The van der Waals surface area contributed by atoms with Gasteiger partial charge in [0.1, 0.15) is 29.1 Å². The maximum Gasteiger partial charge on any atom is 0.338 e. The normalized spacial score (nSPS) is 11.7. The Morgan fingerprint density at radius 2 is 1.15 bits per heavy atom. The van der Waals surface area contributed by atoms with E-state index in [1.54, 1.807) is 30.3 Å². The number of benzene rings is 4. The molecule has 0 fully saturated rings. The average molecular weight is 719 g/mol. The van der Waals surface area contributed by atoms with Crippen LogP contribution in [0.25, 0.3) is 33.2 Å². The average Bonchev–Trinajstić information content (AvgIpc) is 3.20. The molecule has 0 saturated heterocycles. The van der Waals surface area contributed by atoms with E-state index in [4.69, 9.17) is 23.4 Å². The second-order valence-electron chi connectivity index (χ2n) is 13.7. The Morgan fingerprint density at radius 3 is 1.77 bits per heavy atom. The monoisotopic (exact) mass is 718 g/mol. The first kappa shape index (κ1) is 39.2. The largest absolute Gasteiger partial charge is 0.494 e. The van der Waals surface area contributed by atoms with Crippen LogP contribution in [0.15, 0.2) is 106 Å². The van der Waals surface area contributed by atoms with Gasteiger partial charge >= 0.3 is 5.97 Å². The third kappa shape index (κ3) is 12.0. The molecule has 0 unspecified atom stereocenters. The summed E-state index contributed by atoms with van der Waals surface area (Å²) >= 11 is 0. The standard InChI is InChI=1S/C46H54O7/c1-4-6-7-8-9-10-11-12-28-49-40-24-20-37(21-25-40)43-33-52-44-31-41(26-27-42(44)45(43)47)51-30-13-29-50-39-22-18-36(19-23-39)35-14-16-38(17-15-35)46(48)53-32-34(3)5-2/h14-27,31,33-34H,4-13,28-30,32H2,1-3H3/t34-/m0/s1. The second kappa shape index (κ2) is 20.9. The second-order valence-corrected chi connectivity index (χ2v) is 13.7. The molecule has 0 spiro atoms. The summed E-state index contributed by atoms with van der Waals surface area (Å²) in [5.74, 6) is 2.26. The Morgan fingerprint density at radius 1 is 0.623 bits per heavy atom. The van der Waals surface area contributed by atoms with Crippen LogP contribution < -0.4 is 19.6 Å². The van der Waals surface area contributed by atoms with Crippen molar-refractivity contribution in [2.45, 2.75) is 85.0 Å². The molecule has 7 nitrogen and oxygen atoms in total. The number of hydrogen-bond donors (Lipinski definition) is 0. The van der Waals surface area contributed by atoms with Crippen molar-refractivity contribution in [2.24, 2.45) is 5.92 Å². The minimum absolute atomic E-state index is 0.0842. The van der Waals surface area contributed by atoms with Gasteiger partial charge in [-0.15, -0.1) is 0 Å². The van der Waals surface area contributed by atoms with Crippen LogP contribution in [0.2, 0.25) is 0 Å². The number of carbonyl (C=O) groups excluding carboxylic acids is 1. The summed E-state index contributed by atoms with van der Waals surface area (Å²) in [4.78, 5) is 25.6. The summed E-state index contributed by atoms with van der Waals surface area (Å²) in [7, 11) is 0. The number of hydrogen-bond acceptors (Lipinski definition) is 7. The lowest BCUT2D eigenvalue weighted by molar-refractivity contribution is 0.0447. The van der Waals surface area contributed by atoms with Crippen LogP contribution in [0.5, 0.6) is 17.2 Å². The van der Waals surface area contributed by atoms with Gasteiger partial charge in [0.15, 0.2) is 5.43 Å². The van der Waals surface area contributed by atoms with E-state index in [-0.39, 0.29) is 11.4 Å². The number of unbranched alkanes of at least 4 members (excludes halogenated alkanes) is 7. The lowest BCUT2D eigenvalue weighted by atomic mass is 10.0. The first-order chi connectivity index (χ1) is 25.9. The van der Waals surface area contributed by atoms with Crippen LogP contribution >= 0.6 is 0 Å². The number of rotatable bonds is 22. The van der Waals surface area contributed by atoms with Crippen LogP contribution in [0.3, 0.4) is 0 Å². The lowest BCUT2D eigenvalue weighted by Gasteiger charge is -2.11. The minimum Gasteiger partial charge on any atom is -0.494 e. The third-order valence-electron chi connectivity index (χ3n) is 9.51. The Labute approximate surface area is 314 Å². The molecule has 1 heterocycles. The molecule has 280 valence electrons. The van der Waals surface area contributed by atoms with Crippen molar-refractivity contribution >= 4 is 16.9 Å². The van der Waals surface area contributed by atoms with Gasteiger partial charge in [-0.3, -0.25) is 4.79 Å². The predicted molar refractivity (Wildman–Crippen MR) is 213 cm³/mol. The third-order valence-corrected chi connectivity index (χ3v) is 9.51. The molecule has 0 radical (unpaired) electrons. The smallest absolute Gasteiger partial charge is 0.338 e. The summed E-state index contributed by atoms with van der Waals surface area (Å²) in [5.41, 5.74) is 4.29. The predicted octanol–water partition coefficient (Wildman–Crippen LogP) is 11.7. The number of ether oxygens (including phenoxy) is 4. The van der Waals surface area contributed by atoms with Crippen molar-refractivity contribution < 1.29 is 28.2 Å². The van der Waals surface area contributed by atoms with Gasteiger partial charge in [0.2, 0.25) is 0 Å². The fraction of sp³-hybridized carbons (Fsp3) is 0.391. The molecule has 7 heteroatoms. The van der Waals surface area contributed by atoms with Gasteiger partial charge in [-0.25, -0.2) is 4.79 Å². The quantitative estimate of drug-likeness (QED) is 0.0520. The van der Waals surface area contributed by atoms with Crippen molar-refractivity contribution in [1.29, 1.82) is 0 Å². The molecule has 0 bridgehead atoms. The first-order valence-corrected chi connectivity index (χ1v) is 19.4. The molecule has 53 heavy (non-hydrogen) atoms. The van der Waals surface area contributed by atoms with Crippen molar-refractivity contribution in [3.8, 4) is 39.5 Å². The molecule has 1 aromatic heterocycles. The van der Waals surface area contributed by atoms with Gasteiger partial charge in [0, 0.05) is 12.5 Å². The summed E-state index contributed by atoms with van der Waals surface area (Å²) in [6.07, 6.45) is 13.3. The Hall–Kier alpha value is -5.04. The molecule has 5 rings (SSSR count). The Kier molecular flexibility index (Phi) is 15.4. The minimum atomic E-state index is -0.293. The zero-order chi connectivity index (χ0) is 37.3. The van der Waals surface area contributed by atoms with Crippen molar-refractivity contribution in [3.63, 3.8) is 0 Å². The van der Waals surface area contributed by atoms with E-state index in [1.165, 1.54) is 51.2 Å². The molecule has 4 aromatic carbocycles. The SMILES string of the molecule is CCCCCCCCCCOc1ccc(-c2coc3cc(OCCCOc4ccc(-c5ccc(C(=O)OC[C@@H](C)CC)cc5)cc4)ccc3c2=O)cc1. The van der Waals surface area contributed by atoms with Crippen molar-refractivity contribution in [3.05, 3.63) is 113 Å². The summed E-state index contributed by atoms with van der Waals surface area (Å²) in [6, 6.07) is 28.3. The van der Waals surface area contributed by atoms with E-state index in [2.05, 4.69) is 20.8 Å². The highest BCUT2D eigenvalue weighted by atomic mass is 16.5. The molecular weight excluding hydrogens is 664 g/mol. The molecule has 1 atom stereocenters. The number of esters is 1. The van der Waals surface area contributed by atoms with Crippen molar-refractivity contribution in [1.82, 2.24) is 0 Å². The summed E-state index contributed by atoms with van der Waals surface area (Å²) < 4.78 is 29.1. The number of fused-ring (bicyclic) bond motifs is 1. The first-order valence-electron chi connectivity index (χ1n) is 19.4. The summed E-state index contributed by atoms with van der Waals surface area (Å²) in [5, 5.41) is 0.507. The van der Waals surface area contributed by atoms with E-state index < -0.39 is 0 Å². The van der Waals surface area contributed by atoms with E-state index in [1.807, 2.05) is 60.7 Å². The molecule has 5 aromatic rings. The van der Waals surface area contributed by atoms with Crippen LogP contribution in [0.1, 0.15) is 95.3 Å². The Bertz CT molecular complexity index is 1890.